The van der Waals surface area contributed by atoms with Crippen molar-refractivity contribution in [3.05, 3.63) is 83.2 Å². The summed E-state index contributed by atoms with van der Waals surface area (Å²) in [7, 11) is 0. The fourth-order valence-electron chi connectivity index (χ4n) is 4.31. The number of anilines is 2. The van der Waals surface area contributed by atoms with Crippen LogP contribution < -0.4 is 11.1 Å². The first-order valence-electron chi connectivity index (χ1n) is 11.8. The molecule has 1 saturated heterocycles. The van der Waals surface area contributed by atoms with Crippen LogP contribution in [-0.4, -0.2) is 51.7 Å². The molecule has 0 spiro atoms. The third-order valence-corrected chi connectivity index (χ3v) is 6.21. The number of nitrogens with two attached hydrogens (primary N) is 1. The van der Waals surface area contributed by atoms with E-state index in [-0.39, 0.29) is 37.6 Å². The molecule has 0 bridgehead atoms. The fraction of sp³-hybridized carbons (Fsp3) is 0.308. The Labute approximate surface area is 216 Å². The number of nitrogens with one attached hydrogen (secondary N) is 1. The maximum atomic E-state index is 13.8. The van der Waals surface area contributed by atoms with E-state index in [1.807, 2.05) is 0 Å². The van der Waals surface area contributed by atoms with E-state index in [1.165, 1.54) is 4.90 Å². The molecule has 2 amide bonds. The van der Waals surface area contributed by atoms with E-state index >= 15 is 0 Å². The second-order valence-corrected chi connectivity index (χ2v) is 8.87. The largest absolute Gasteiger partial charge is 0.465 e. The molecule has 2 atom stereocenters. The van der Waals surface area contributed by atoms with Crippen LogP contribution in [-0.2, 0) is 22.1 Å². The van der Waals surface area contributed by atoms with Gasteiger partial charge in [0.2, 0.25) is 11.9 Å². The number of nitrogens with zero attached hydrogens (tertiary/aromatic N) is 3. The highest BCUT2D eigenvalue weighted by atomic mass is 19.4. The summed E-state index contributed by atoms with van der Waals surface area (Å²) in [6.07, 6.45) is -5.72. The number of benzene rings is 2. The summed E-state index contributed by atoms with van der Waals surface area (Å²) in [4.78, 5) is 32.2. The number of ether oxygens (including phenoxy) is 1. The number of carbonyl (C=O) groups excluding carboxylic acids is 1. The van der Waals surface area contributed by atoms with Gasteiger partial charge in [-0.1, -0.05) is 42.5 Å². The minimum absolute atomic E-state index is 0.0439. The third-order valence-electron chi connectivity index (χ3n) is 6.21. The number of halogens is 3. The predicted octanol–water partition coefficient (Wildman–Crippen LogP) is 4.49. The SMILES string of the molecule is NC(=O)CC(Cc1nc(Nc2ccc(C3CN(C(=O)O)CCO3)cc2)ncc1C(F)(F)F)c1ccccc1. The van der Waals surface area contributed by atoms with Gasteiger partial charge in [0.05, 0.1) is 24.4 Å². The summed E-state index contributed by atoms with van der Waals surface area (Å²) in [5.74, 6) is -1.27. The van der Waals surface area contributed by atoms with Gasteiger partial charge in [-0.2, -0.15) is 13.2 Å². The quantitative estimate of drug-likeness (QED) is 0.392. The van der Waals surface area contributed by atoms with Crippen LogP contribution in [0.3, 0.4) is 0 Å². The van der Waals surface area contributed by atoms with Crippen molar-refractivity contribution in [3.8, 4) is 0 Å². The second kappa shape index (κ2) is 11.5. The number of hydrogen-bond donors (Lipinski definition) is 3. The van der Waals surface area contributed by atoms with E-state index in [2.05, 4.69) is 15.3 Å². The smallest absolute Gasteiger partial charge is 0.419 e. The third kappa shape index (κ3) is 6.76. The highest BCUT2D eigenvalue weighted by molar-refractivity contribution is 5.74. The summed E-state index contributed by atoms with van der Waals surface area (Å²) in [5, 5.41) is 12.1. The van der Waals surface area contributed by atoms with Crippen molar-refractivity contribution in [2.24, 2.45) is 5.73 Å². The van der Waals surface area contributed by atoms with Crippen molar-refractivity contribution < 1.29 is 32.6 Å². The lowest BCUT2D eigenvalue weighted by atomic mass is 9.89. The Balaban J connectivity index is 1.55. The minimum atomic E-state index is -4.69. The molecule has 2 heterocycles. The van der Waals surface area contributed by atoms with Gasteiger partial charge in [-0.05, 0) is 35.6 Å². The van der Waals surface area contributed by atoms with Crippen LogP contribution in [0.5, 0.6) is 0 Å². The van der Waals surface area contributed by atoms with Crippen molar-refractivity contribution in [2.45, 2.75) is 31.0 Å². The van der Waals surface area contributed by atoms with Crippen LogP contribution in [0.2, 0.25) is 0 Å². The van der Waals surface area contributed by atoms with Crippen molar-refractivity contribution >= 4 is 23.6 Å². The summed E-state index contributed by atoms with van der Waals surface area (Å²) < 4.78 is 47.0. The van der Waals surface area contributed by atoms with Crippen LogP contribution in [0.15, 0.2) is 60.8 Å². The van der Waals surface area contributed by atoms with Crippen molar-refractivity contribution in [1.29, 1.82) is 0 Å². The molecule has 38 heavy (non-hydrogen) atoms. The van der Waals surface area contributed by atoms with E-state index in [9.17, 15) is 27.9 Å². The molecule has 2 aromatic carbocycles. The Morgan fingerprint density at radius 3 is 2.50 bits per heavy atom. The topological polar surface area (TPSA) is 131 Å². The van der Waals surface area contributed by atoms with Crippen LogP contribution in [0.1, 0.15) is 40.8 Å². The molecular weight excluding hydrogens is 503 g/mol. The molecule has 1 aliphatic heterocycles. The number of morpholine rings is 1. The zero-order valence-corrected chi connectivity index (χ0v) is 20.2. The Bertz CT molecular complexity index is 1270. The Kier molecular flexibility index (Phi) is 8.10. The van der Waals surface area contributed by atoms with E-state index in [1.54, 1.807) is 54.6 Å². The van der Waals surface area contributed by atoms with Crippen LogP contribution in [0, 0.1) is 0 Å². The summed E-state index contributed by atoms with van der Waals surface area (Å²) >= 11 is 0. The number of hydrogen-bond acceptors (Lipinski definition) is 6. The molecule has 0 radical (unpaired) electrons. The first-order valence-corrected chi connectivity index (χ1v) is 11.8. The number of aromatic nitrogens is 2. The van der Waals surface area contributed by atoms with Gasteiger partial charge < -0.3 is 25.8 Å². The van der Waals surface area contributed by atoms with Crippen LogP contribution in [0.25, 0.3) is 0 Å². The number of rotatable bonds is 8. The summed E-state index contributed by atoms with van der Waals surface area (Å²) in [6, 6.07) is 15.5. The molecule has 0 saturated carbocycles. The standard InChI is InChI=1S/C26H26F3N5O4/c27-26(28,29)20-14-31-24(33-21(20)12-18(13-23(30)35)16-4-2-1-3-5-16)32-19-8-6-17(7-9-19)22-15-34(25(36)37)10-11-38-22/h1-9,14,18,22H,10-13,15H2,(H2,30,35)(H,36,37)(H,31,32,33). The minimum Gasteiger partial charge on any atom is -0.465 e. The van der Waals surface area contributed by atoms with Gasteiger partial charge in [0.25, 0.3) is 0 Å². The molecule has 1 fully saturated rings. The maximum Gasteiger partial charge on any atom is 0.419 e. The van der Waals surface area contributed by atoms with Gasteiger partial charge in [-0.25, -0.2) is 14.8 Å². The average molecular weight is 530 g/mol. The van der Waals surface area contributed by atoms with Crippen molar-refractivity contribution in [2.75, 3.05) is 25.0 Å². The number of carbonyl (C=O) groups is 2. The van der Waals surface area contributed by atoms with E-state index in [0.717, 1.165) is 11.8 Å². The highest BCUT2D eigenvalue weighted by Crippen LogP contribution is 2.35. The molecule has 9 nitrogen and oxygen atoms in total. The van der Waals surface area contributed by atoms with E-state index < -0.39 is 35.8 Å². The molecular formula is C26H26F3N5O4. The lowest BCUT2D eigenvalue weighted by Crippen LogP contribution is -2.41. The maximum absolute atomic E-state index is 13.8. The van der Waals surface area contributed by atoms with Crippen molar-refractivity contribution in [1.82, 2.24) is 14.9 Å². The Morgan fingerprint density at radius 2 is 1.87 bits per heavy atom. The molecule has 12 heteroatoms. The molecule has 1 aromatic heterocycles. The first kappa shape index (κ1) is 26.9. The van der Waals surface area contributed by atoms with Gasteiger partial charge in [0, 0.05) is 24.8 Å². The zero-order valence-electron chi connectivity index (χ0n) is 20.2. The van der Waals surface area contributed by atoms with Crippen LogP contribution >= 0.6 is 0 Å². The molecule has 0 aliphatic carbocycles. The predicted molar refractivity (Wildman–Crippen MR) is 132 cm³/mol. The highest BCUT2D eigenvalue weighted by Gasteiger charge is 2.36. The number of carboxylic acid groups (broad SMARTS) is 1. The Hall–Kier alpha value is -4.19. The molecule has 4 rings (SSSR count). The monoisotopic (exact) mass is 529 g/mol. The second-order valence-electron chi connectivity index (χ2n) is 8.87. The molecule has 1 aliphatic rings. The Morgan fingerprint density at radius 1 is 1.16 bits per heavy atom. The molecule has 200 valence electrons. The van der Waals surface area contributed by atoms with Crippen molar-refractivity contribution in [3.63, 3.8) is 0 Å². The van der Waals surface area contributed by atoms with Gasteiger partial charge in [-0.15, -0.1) is 0 Å². The first-order chi connectivity index (χ1) is 18.1. The van der Waals surface area contributed by atoms with E-state index in [0.29, 0.717) is 17.8 Å². The summed E-state index contributed by atoms with van der Waals surface area (Å²) in [5.41, 5.74) is 6.09. The lowest BCUT2D eigenvalue weighted by molar-refractivity contribution is -0.138. The van der Waals surface area contributed by atoms with Gasteiger partial charge in [0.1, 0.15) is 6.10 Å². The van der Waals surface area contributed by atoms with Crippen LogP contribution in [0.4, 0.5) is 29.6 Å². The van der Waals surface area contributed by atoms with Gasteiger partial charge in [0.15, 0.2) is 0 Å². The fourth-order valence-corrected chi connectivity index (χ4v) is 4.31. The molecule has 2 unspecified atom stereocenters. The average Bonchev–Trinajstić information content (AvgIpc) is 2.88. The summed E-state index contributed by atoms with van der Waals surface area (Å²) in [6.45, 7) is 0.768. The zero-order chi connectivity index (χ0) is 27.3. The number of primary amides is 1. The number of alkyl halides is 3. The van der Waals surface area contributed by atoms with Gasteiger partial charge in [-0.3, -0.25) is 4.79 Å². The lowest BCUT2D eigenvalue weighted by Gasteiger charge is -2.31. The van der Waals surface area contributed by atoms with E-state index in [4.69, 9.17) is 10.5 Å². The normalized spacial score (nSPS) is 16.6. The van der Waals surface area contributed by atoms with Gasteiger partial charge >= 0.3 is 12.3 Å². The molecule has 3 aromatic rings. The molecule has 4 N–H and O–H groups in total. The number of amides is 2.